The molecule has 0 bridgehead atoms. The molecule has 0 radical (unpaired) electrons. The molecule has 150 valence electrons. The first-order chi connectivity index (χ1) is 12.5. The van der Waals surface area contributed by atoms with Gasteiger partial charge in [0.15, 0.2) is 0 Å². The van der Waals surface area contributed by atoms with Gasteiger partial charge in [0, 0.05) is 6.42 Å². The zero-order chi connectivity index (χ0) is 20.6. The molecule has 1 rings (SSSR count). The lowest BCUT2D eigenvalue weighted by Gasteiger charge is -2.26. The van der Waals surface area contributed by atoms with Crippen LogP contribution in [0, 0.1) is 5.92 Å². The maximum absolute atomic E-state index is 12.8. The fourth-order valence-electron chi connectivity index (χ4n) is 2.50. The minimum Gasteiger partial charge on any atom is -0.467 e. The molecule has 0 saturated heterocycles. The predicted molar refractivity (Wildman–Crippen MR) is 104 cm³/mol. The summed E-state index contributed by atoms with van der Waals surface area (Å²) in [6.07, 6.45) is 0.719. The molecule has 1 aromatic carbocycles. The fourth-order valence-corrected chi connectivity index (χ4v) is 2.50. The first kappa shape index (κ1) is 22.6. The van der Waals surface area contributed by atoms with Crippen LogP contribution in [0.5, 0.6) is 0 Å². The summed E-state index contributed by atoms with van der Waals surface area (Å²) < 4.78 is 4.79. The zero-order valence-electron chi connectivity index (χ0n) is 16.7. The Hall–Kier alpha value is -2.41. The summed E-state index contributed by atoms with van der Waals surface area (Å²) >= 11 is 0. The standard InChI is InChI=1S/C20H31N3O4/c1-13(2)11-16(18(25)27-5)22-17(24)15(23-19(26)20(3,4)21)12-14-9-7-6-8-10-14/h6-10,13,15-16H,11-12,21H2,1-5H3,(H,22,24)(H,23,26)/t15-,16-/m0/s1. The molecule has 7 nitrogen and oxygen atoms in total. The number of hydrogen-bond donors (Lipinski definition) is 3. The first-order valence-electron chi connectivity index (χ1n) is 9.06. The Morgan fingerprint density at radius 1 is 1.07 bits per heavy atom. The van der Waals surface area contributed by atoms with Crippen LogP contribution < -0.4 is 16.4 Å². The van der Waals surface area contributed by atoms with Gasteiger partial charge in [-0.2, -0.15) is 0 Å². The van der Waals surface area contributed by atoms with Crippen molar-refractivity contribution in [3.8, 4) is 0 Å². The first-order valence-corrected chi connectivity index (χ1v) is 9.06. The molecule has 0 aliphatic rings. The molecule has 0 heterocycles. The summed E-state index contributed by atoms with van der Waals surface area (Å²) in [6, 6.07) is 7.68. The Balaban J connectivity index is 2.99. The molecule has 4 N–H and O–H groups in total. The molecule has 0 aliphatic heterocycles. The highest BCUT2D eigenvalue weighted by Crippen LogP contribution is 2.09. The highest BCUT2D eigenvalue weighted by molar-refractivity contribution is 5.93. The van der Waals surface area contributed by atoms with Crippen molar-refractivity contribution in [3.63, 3.8) is 0 Å². The monoisotopic (exact) mass is 377 g/mol. The van der Waals surface area contributed by atoms with Gasteiger partial charge in [0.2, 0.25) is 11.8 Å². The van der Waals surface area contributed by atoms with E-state index in [-0.39, 0.29) is 12.3 Å². The lowest BCUT2D eigenvalue weighted by Crippen LogP contribution is -2.58. The van der Waals surface area contributed by atoms with Gasteiger partial charge in [-0.15, -0.1) is 0 Å². The van der Waals surface area contributed by atoms with E-state index in [1.165, 1.54) is 7.11 Å². The van der Waals surface area contributed by atoms with E-state index >= 15 is 0 Å². The summed E-state index contributed by atoms with van der Waals surface area (Å²) in [5, 5.41) is 5.40. The Bertz CT molecular complexity index is 638. The summed E-state index contributed by atoms with van der Waals surface area (Å²) in [5.41, 5.74) is 5.59. The molecule has 1 aromatic rings. The summed E-state index contributed by atoms with van der Waals surface area (Å²) in [6.45, 7) is 7.02. The Morgan fingerprint density at radius 2 is 1.67 bits per heavy atom. The number of hydrogen-bond acceptors (Lipinski definition) is 5. The Morgan fingerprint density at radius 3 is 2.15 bits per heavy atom. The van der Waals surface area contributed by atoms with E-state index in [1.54, 1.807) is 13.8 Å². The van der Waals surface area contributed by atoms with Crippen molar-refractivity contribution in [3.05, 3.63) is 35.9 Å². The third-order valence-corrected chi connectivity index (χ3v) is 4.00. The quantitative estimate of drug-likeness (QED) is 0.559. The minimum absolute atomic E-state index is 0.180. The largest absolute Gasteiger partial charge is 0.467 e. The van der Waals surface area contributed by atoms with E-state index in [4.69, 9.17) is 10.5 Å². The summed E-state index contributed by atoms with van der Waals surface area (Å²) in [7, 11) is 1.28. The second-order valence-electron chi connectivity index (χ2n) is 7.65. The van der Waals surface area contributed by atoms with Gasteiger partial charge in [-0.3, -0.25) is 9.59 Å². The molecule has 0 saturated carbocycles. The van der Waals surface area contributed by atoms with E-state index in [1.807, 2.05) is 44.2 Å². The number of amides is 2. The van der Waals surface area contributed by atoms with Crippen molar-refractivity contribution in [2.45, 2.75) is 58.2 Å². The molecular formula is C20H31N3O4. The third-order valence-electron chi connectivity index (χ3n) is 4.00. The van der Waals surface area contributed by atoms with Crippen molar-refractivity contribution in [2.75, 3.05) is 7.11 Å². The van der Waals surface area contributed by atoms with E-state index in [0.717, 1.165) is 5.56 Å². The molecule has 0 unspecified atom stereocenters. The SMILES string of the molecule is COC(=O)[C@H](CC(C)C)NC(=O)[C@H](Cc1ccccc1)NC(=O)C(C)(C)N. The summed E-state index contributed by atoms with van der Waals surface area (Å²) in [5.74, 6) is -1.23. The number of carbonyl (C=O) groups excluding carboxylic acids is 3. The number of carbonyl (C=O) groups is 3. The smallest absolute Gasteiger partial charge is 0.328 e. The van der Waals surface area contributed by atoms with E-state index in [9.17, 15) is 14.4 Å². The van der Waals surface area contributed by atoms with Gasteiger partial charge in [0.05, 0.1) is 12.6 Å². The fraction of sp³-hybridized carbons (Fsp3) is 0.550. The van der Waals surface area contributed by atoms with Gasteiger partial charge >= 0.3 is 5.97 Å². The molecule has 0 aromatic heterocycles. The normalized spacial score (nSPS) is 13.6. The van der Waals surface area contributed by atoms with Crippen molar-refractivity contribution < 1.29 is 19.1 Å². The van der Waals surface area contributed by atoms with Crippen LogP contribution in [0.1, 0.15) is 39.7 Å². The molecule has 2 atom stereocenters. The van der Waals surface area contributed by atoms with E-state index in [0.29, 0.717) is 6.42 Å². The second kappa shape index (κ2) is 10.1. The van der Waals surface area contributed by atoms with Gasteiger partial charge < -0.3 is 21.1 Å². The highest BCUT2D eigenvalue weighted by Gasteiger charge is 2.31. The van der Waals surface area contributed by atoms with Crippen LogP contribution in [0.4, 0.5) is 0 Å². The van der Waals surface area contributed by atoms with Gasteiger partial charge in [-0.1, -0.05) is 44.2 Å². The van der Waals surface area contributed by atoms with Gasteiger partial charge in [-0.25, -0.2) is 4.79 Å². The number of nitrogens with two attached hydrogens (primary N) is 1. The third kappa shape index (κ3) is 7.78. The number of esters is 1. The van der Waals surface area contributed by atoms with Crippen molar-refractivity contribution in [1.29, 1.82) is 0 Å². The molecule has 0 fully saturated rings. The highest BCUT2D eigenvalue weighted by atomic mass is 16.5. The number of rotatable bonds is 9. The van der Waals surface area contributed by atoms with Crippen LogP contribution >= 0.6 is 0 Å². The van der Waals surface area contributed by atoms with Gasteiger partial charge in [-0.05, 0) is 31.7 Å². The molecular weight excluding hydrogens is 346 g/mol. The Kier molecular flexibility index (Phi) is 8.43. The topological polar surface area (TPSA) is 111 Å². The summed E-state index contributed by atoms with van der Waals surface area (Å²) in [4.78, 5) is 37.2. The van der Waals surface area contributed by atoms with Crippen LogP contribution in [-0.4, -0.2) is 42.5 Å². The van der Waals surface area contributed by atoms with E-state index in [2.05, 4.69) is 10.6 Å². The minimum atomic E-state index is -1.13. The lowest BCUT2D eigenvalue weighted by molar-refractivity contribution is -0.145. The second-order valence-corrected chi connectivity index (χ2v) is 7.65. The van der Waals surface area contributed by atoms with Crippen LogP contribution in [0.2, 0.25) is 0 Å². The van der Waals surface area contributed by atoms with Gasteiger partial charge in [0.25, 0.3) is 0 Å². The van der Waals surface area contributed by atoms with Crippen LogP contribution in [0.25, 0.3) is 0 Å². The molecule has 2 amide bonds. The lowest BCUT2D eigenvalue weighted by atomic mass is 10.00. The number of ether oxygens (including phenoxy) is 1. The average molecular weight is 377 g/mol. The maximum Gasteiger partial charge on any atom is 0.328 e. The number of benzene rings is 1. The van der Waals surface area contributed by atoms with Crippen LogP contribution in [-0.2, 0) is 25.5 Å². The molecule has 7 heteroatoms. The van der Waals surface area contributed by atoms with E-state index < -0.39 is 35.4 Å². The number of nitrogens with one attached hydrogen (secondary N) is 2. The van der Waals surface area contributed by atoms with Crippen LogP contribution in [0.15, 0.2) is 30.3 Å². The molecule has 0 aliphatic carbocycles. The van der Waals surface area contributed by atoms with Crippen molar-refractivity contribution >= 4 is 17.8 Å². The maximum atomic E-state index is 12.8. The van der Waals surface area contributed by atoms with Crippen molar-refractivity contribution in [1.82, 2.24) is 10.6 Å². The predicted octanol–water partition coefficient (Wildman–Crippen LogP) is 1.16. The van der Waals surface area contributed by atoms with Gasteiger partial charge in [0.1, 0.15) is 12.1 Å². The average Bonchev–Trinajstić information content (AvgIpc) is 2.59. The molecule has 27 heavy (non-hydrogen) atoms. The Labute approximate surface area is 161 Å². The van der Waals surface area contributed by atoms with Crippen molar-refractivity contribution in [2.24, 2.45) is 11.7 Å². The van der Waals surface area contributed by atoms with Crippen LogP contribution in [0.3, 0.4) is 0 Å². The molecule has 0 spiro atoms. The number of methoxy groups -OCH3 is 1. The zero-order valence-corrected chi connectivity index (χ0v) is 16.7.